The Hall–Kier alpha value is -7.22. The Labute approximate surface area is 416 Å². The standard InChI is InChI=1S/C64H59F2N3OSi/c1-38-32-44(33-39(2)60(38)66)43-24-28-51-52-29-23-42-22-27-50-48-18-13-14-19-49(48)54-31-26-46(71(7,8)9)37-67(54)56(50)34-40(3)68-55-30-25-45(65)36-57(55)69(63(68)59(42)62(52)70-58(51)35-43)61-47(41-16-11-10-12-17-41)20-15-21-53(61)64(4,5)6/h10-21,23-26,28-33,35-37,50,56H,3,22,27,34H2,1-2,4-9H3/q+2. The zero-order chi connectivity index (χ0) is 49.2. The topological polar surface area (TPSA) is 25.8 Å². The van der Waals surface area contributed by atoms with Crippen LogP contribution in [-0.2, 0) is 11.8 Å². The summed E-state index contributed by atoms with van der Waals surface area (Å²) in [6.45, 7) is 22.8. The molecule has 0 N–H and O–H groups in total. The molecule has 7 aromatic carbocycles. The smallest absolute Gasteiger partial charge is 0.304 e. The molecule has 2 aliphatic heterocycles. The van der Waals surface area contributed by atoms with Crippen molar-refractivity contribution in [3.05, 3.63) is 198 Å². The highest BCUT2D eigenvalue weighted by Crippen LogP contribution is 2.49. The summed E-state index contributed by atoms with van der Waals surface area (Å²) in [5.74, 6) is 0.554. The van der Waals surface area contributed by atoms with Crippen molar-refractivity contribution < 1.29 is 22.3 Å². The largest absolute Gasteiger partial charge is 0.455 e. The first-order valence-electron chi connectivity index (χ1n) is 25.1. The van der Waals surface area contributed by atoms with Gasteiger partial charge in [0.25, 0.3) is 0 Å². The maximum absolute atomic E-state index is 16.4. The van der Waals surface area contributed by atoms with Crippen molar-refractivity contribution in [2.45, 2.75) is 90.9 Å². The molecule has 12 rings (SSSR count). The van der Waals surface area contributed by atoms with Crippen LogP contribution in [0.3, 0.4) is 0 Å². The number of aromatic nitrogens is 3. The van der Waals surface area contributed by atoms with Gasteiger partial charge in [-0.1, -0.05) is 138 Å². The lowest BCUT2D eigenvalue weighted by Crippen LogP contribution is -2.53. The lowest BCUT2D eigenvalue weighted by molar-refractivity contribution is -0.719. The SMILES string of the molecule is C=C1CC2C(CCc3ccc4c(oc5cc(-c6cc(C)c(F)c(C)c6)ccc54)c3-c3n(-c4c(-c5ccccc5)cccc4C(C)(C)C)c4cc(F)ccc4[n+]31)c1ccccc1-c1ccc([Si](C)(C)C)c[n+]12. The van der Waals surface area contributed by atoms with Crippen LogP contribution in [0.4, 0.5) is 8.78 Å². The van der Waals surface area contributed by atoms with Gasteiger partial charge in [-0.2, -0.15) is 13.7 Å². The fourth-order valence-corrected chi connectivity index (χ4v) is 13.1. The third kappa shape index (κ3) is 7.26. The normalized spacial score (nSPS) is 15.9. The highest BCUT2D eigenvalue weighted by molar-refractivity contribution is 6.88. The second-order valence-electron chi connectivity index (χ2n) is 22.2. The van der Waals surface area contributed by atoms with Crippen LogP contribution in [0.15, 0.2) is 163 Å². The van der Waals surface area contributed by atoms with Crippen LogP contribution in [-0.4, -0.2) is 12.6 Å². The van der Waals surface area contributed by atoms with E-state index in [0.29, 0.717) is 17.5 Å². The molecule has 4 nitrogen and oxygen atoms in total. The Kier molecular flexibility index (Phi) is 10.4. The van der Waals surface area contributed by atoms with Gasteiger partial charge in [0, 0.05) is 50.7 Å². The maximum Gasteiger partial charge on any atom is 0.304 e. The Morgan fingerprint density at radius 2 is 1.45 bits per heavy atom. The molecule has 0 radical (unpaired) electrons. The summed E-state index contributed by atoms with van der Waals surface area (Å²) in [6.07, 6.45) is 4.75. The molecule has 2 atom stereocenters. The van der Waals surface area contributed by atoms with Crippen molar-refractivity contribution in [1.29, 1.82) is 0 Å². The van der Waals surface area contributed by atoms with E-state index >= 15 is 4.39 Å². The predicted molar refractivity (Wildman–Crippen MR) is 290 cm³/mol. The van der Waals surface area contributed by atoms with Gasteiger partial charge in [0.1, 0.15) is 34.2 Å². The quantitative estimate of drug-likeness (QED) is 0.127. The third-order valence-electron chi connectivity index (χ3n) is 15.5. The van der Waals surface area contributed by atoms with E-state index in [0.717, 1.165) is 102 Å². The van der Waals surface area contributed by atoms with Gasteiger partial charge in [-0.05, 0) is 114 Å². The summed E-state index contributed by atoms with van der Waals surface area (Å²) in [5, 5.41) is 3.40. The average molecular weight is 952 g/mol. The van der Waals surface area contributed by atoms with Gasteiger partial charge in [-0.3, -0.25) is 0 Å². The molecule has 2 unspecified atom stereocenters. The molecule has 0 saturated carbocycles. The lowest BCUT2D eigenvalue weighted by atomic mass is 9.77. The minimum Gasteiger partial charge on any atom is -0.455 e. The highest BCUT2D eigenvalue weighted by Gasteiger charge is 2.45. The van der Waals surface area contributed by atoms with Gasteiger partial charge >= 0.3 is 5.82 Å². The molecule has 0 fully saturated rings. The molecule has 3 aromatic heterocycles. The van der Waals surface area contributed by atoms with Crippen molar-refractivity contribution in [1.82, 2.24) is 4.57 Å². The average Bonchev–Trinajstić information content (AvgIpc) is 3.89. The number of allylic oxidation sites excluding steroid dienone is 1. The van der Waals surface area contributed by atoms with Gasteiger partial charge in [0.2, 0.25) is 5.69 Å². The lowest BCUT2D eigenvalue weighted by Gasteiger charge is -2.32. The molecule has 5 heterocycles. The Balaban J connectivity index is 1.21. The Bertz CT molecular complexity index is 3820. The van der Waals surface area contributed by atoms with Gasteiger partial charge in [0.15, 0.2) is 28.9 Å². The zero-order valence-corrected chi connectivity index (χ0v) is 42.9. The molecule has 0 bridgehead atoms. The minimum atomic E-state index is -1.72. The molecular formula is C64H59F2N3OSi+2. The van der Waals surface area contributed by atoms with Crippen LogP contribution in [0, 0.1) is 25.5 Å². The number of pyridine rings is 1. The summed E-state index contributed by atoms with van der Waals surface area (Å²) < 4.78 is 45.9. The Morgan fingerprint density at radius 1 is 0.718 bits per heavy atom. The fraction of sp³-hybridized carbons (Fsp3) is 0.219. The maximum atomic E-state index is 16.4. The van der Waals surface area contributed by atoms with Crippen molar-refractivity contribution in [3.63, 3.8) is 0 Å². The van der Waals surface area contributed by atoms with E-state index in [-0.39, 0.29) is 29.0 Å². The predicted octanol–water partition coefficient (Wildman–Crippen LogP) is 15.7. The number of para-hydroxylation sites is 1. The first kappa shape index (κ1) is 44.9. The van der Waals surface area contributed by atoms with Gasteiger partial charge in [-0.25, -0.2) is 8.78 Å². The molecule has 0 spiro atoms. The highest BCUT2D eigenvalue weighted by atomic mass is 28.3. The van der Waals surface area contributed by atoms with Crippen LogP contribution < -0.4 is 14.3 Å². The van der Waals surface area contributed by atoms with Gasteiger partial charge < -0.3 is 4.42 Å². The number of benzene rings is 7. The number of furan rings is 1. The molecule has 7 heteroatoms. The molecule has 2 aliphatic rings. The summed E-state index contributed by atoms with van der Waals surface area (Å²) in [5.41, 5.74) is 17.1. The van der Waals surface area contributed by atoms with Crippen LogP contribution in [0.2, 0.25) is 19.6 Å². The third-order valence-corrected chi connectivity index (χ3v) is 17.5. The van der Waals surface area contributed by atoms with Crippen molar-refractivity contribution in [2.24, 2.45) is 0 Å². The minimum absolute atomic E-state index is 0.0540. The van der Waals surface area contributed by atoms with Gasteiger partial charge in [-0.15, -0.1) is 0 Å². The monoisotopic (exact) mass is 951 g/mol. The summed E-state index contributed by atoms with van der Waals surface area (Å²) in [6, 6.07) is 50.9. The van der Waals surface area contributed by atoms with Crippen LogP contribution in [0.5, 0.6) is 0 Å². The van der Waals surface area contributed by atoms with E-state index < -0.39 is 8.07 Å². The number of nitrogens with zero attached hydrogens (tertiary/aromatic N) is 3. The second-order valence-corrected chi connectivity index (χ2v) is 27.3. The van der Waals surface area contributed by atoms with E-state index in [4.69, 9.17) is 11.0 Å². The first-order chi connectivity index (χ1) is 34.0. The number of imidazole rings is 1. The first-order valence-corrected chi connectivity index (χ1v) is 28.6. The van der Waals surface area contributed by atoms with E-state index in [1.165, 1.54) is 22.0 Å². The molecule has 10 aromatic rings. The number of hydrogen-bond acceptors (Lipinski definition) is 1. The number of aryl methyl sites for hydroxylation is 3. The molecular weight excluding hydrogens is 893 g/mol. The molecule has 352 valence electrons. The molecule has 71 heavy (non-hydrogen) atoms. The second kappa shape index (κ2) is 16.4. The van der Waals surface area contributed by atoms with Gasteiger partial charge in [0.05, 0.1) is 14.5 Å². The summed E-state index contributed by atoms with van der Waals surface area (Å²) in [7, 11) is -1.72. The van der Waals surface area contributed by atoms with Crippen LogP contribution >= 0.6 is 0 Å². The van der Waals surface area contributed by atoms with Crippen molar-refractivity contribution in [3.8, 4) is 50.6 Å². The number of halogens is 2. The summed E-state index contributed by atoms with van der Waals surface area (Å²) >= 11 is 0. The van der Waals surface area contributed by atoms with Crippen molar-refractivity contribution >= 4 is 51.9 Å². The number of fused-ring (bicyclic) bond motifs is 15. The fourth-order valence-electron chi connectivity index (χ4n) is 12.0. The van der Waals surface area contributed by atoms with E-state index in [1.807, 2.05) is 32.0 Å². The Morgan fingerprint density at radius 3 is 2.21 bits per heavy atom. The number of rotatable bonds is 4. The molecule has 0 aliphatic carbocycles. The van der Waals surface area contributed by atoms with Crippen LogP contribution in [0.1, 0.15) is 73.4 Å². The van der Waals surface area contributed by atoms with E-state index in [2.05, 4.69) is 176 Å². The van der Waals surface area contributed by atoms with Crippen molar-refractivity contribution in [2.75, 3.05) is 0 Å². The van der Waals surface area contributed by atoms with E-state index in [9.17, 15) is 4.39 Å². The number of hydrogen-bond donors (Lipinski definition) is 0. The van der Waals surface area contributed by atoms with E-state index in [1.54, 1.807) is 12.1 Å². The zero-order valence-electron chi connectivity index (χ0n) is 41.9. The van der Waals surface area contributed by atoms with Crippen LogP contribution in [0.25, 0.3) is 89.3 Å². The molecule has 0 saturated heterocycles. The summed E-state index contributed by atoms with van der Waals surface area (Å²) in [4.78, 5) is 0. The molecule has 0 amide bonds.